The van der Waals surface area contributed by atoms with E-state index in [1.807, 2.05) is 6.92 Å². The summed E-state index contributed by atoms with van der Waals surface area (Å²) >= 11 is 0. The van der Waals surface area contributed by atoms with E-state index < -0.39 is 6.10 Å². The van der Waals surface area contributed by atoms with E-state index in [-0.39, 0.29) is 18.3 Å². The molecule has 0 aromatic rings. The van der Waals surface area contributed by atoms with Crippen molar-refractivity contribution in [3.05, 3.63) is 0 Å². The smallest absolute Gasteiger partial charge is 0.135 e. The van der Waals surface area contributed by atoms with E-state index in [1.165, 1.54) is 6.92 Å². The van der Waals surface area contributed by atoms with Crippen molar-refractivity contribution >= 4 is 5.78 Å². The summed E-state index contributed by atoms with van der Waals surface area (Å²) in [5.41, 5.74) is 0. The van der Waals surface area contributed by atoms with Crippen molar-refractivity contribution in [2.75, 3.05) is 26.4 Å². The van der Waals surface area contributed by atoms with Gasteiger partial charge in [-0.15, -0.1) is 0 Å². The molecule has 1 N–H and O–H groups in total. The Labute approximate surface area is 85.2 Å². The van der Waals surface area contributed by atoms with Gasteiger partial charge in [0.15, 0.2) is 0 Å². The number of Topliss-reactive ketones (excluding diaryl/α,β-unsaturated/α-hetero) is 1. The molecule has 0 aliphatic carbocycles. The van der Waals surface area contributed by atoms with Gasteiger partial charge in [-0.25, -0.2) is 0 Å². The maximum atomic E-state index is 10.9. The van der Waals surface area contributed by atoms with Gasteiger partial charge in [-0.1, -0.05) is 6.92 Å². The van der Waals surface area contributed by atoms with E-state index in [0.29, 0.717) is 19.8 Å². The molecule has 2 unspecified atom stereocenters. The van der Waals surface area contributed by atoms with Crippen LogP contribution in [0.5, 0.6) is 0 Å². The molecule has 0 radical (unpaired) electrons. The van der Waals surface area contributed by atoms with E-state index >= 15 is 0 Å². The lowest BCUT2D eigenvalue weighted by Crippen LogP contribution is -2.29. The summed E-state index contributed by atoms with van der Waals surface area (Å²) in [7, 11) is 0. The molecule has 0 aliphatic rings. The summed E-state index contributed by atoms with van der Waals surface area (Å²) < 4.78 is 10.2. The van der Waals surface area contributed by atoms with Gasteiger partial charge in [-0.05, 0) is 13.8 Å². The number of aliphatic hydroxyl groups excluding tert-OH is 1. The summed E-state index contributed by atoms with van der Waals surface area (Å²) in [5.74, 6) is -0.381. The molecule has 0 spiro atoms. The van der Waals surface area contributed by atoms with E-state index in [1.54, 1.807) is 6.92 Å². The van der Waals surface area contributed by atoms with Gasteiger partial charge >= 0.3 is 0 Å². The van der Waals surface area contributed by atoms with Crippen molar-refractivity contribution in [2.24, 2.45) is 5.92 Å². The van der Waals surface area contributed by atoms with Crippen LogP contribution in [-0.4, -0.2) is 43.4 Å². The van der Waals surface area contributed by atoms with Gasteiger partial charge in [0, 0.05) is 12.5 Å². The highest BCUT2D eigenvalue weighted by molar-refractivity contribution is 5.78. The second kappa shape index (κ2) is 7.91. The maximum Gasteiger partial charge on any atom is 0.135 e. The second-order valence-electron chi connectivity index (χ2n) is 3.24. The third kappa shape index (κ3) is 6.07. The Kier molecular flexibility index (Phi) is 7.65. The fourth-order valence-corrected chi connectivity index (χ4v) is 0.882. The normalized spacial score (nSPS) is 15.1. The first-order valence-electron chi connectivity index (χ1n) is 4.93. The van der Waals surface area contributed by atoms with Gasteiger partial charge in [0.05, 0.1) is 25.9 Å². The predicted octanol–water partition coefficient (Wildman–Crippen LogP) is 0.625. The predicted molar refractivity (Wildman–Crippen MR) is 53.2 cm³/mol. The average Bonchev–Trinajstić information content (AvgIpc) is 2.16. The van der Waals surface area contributed by atoms with Gasteiger partial charge in [0.25, 0.3) is 0 Å². The van der Waals surface area contributed by atoms with Crippen LogP contribution in [0.2, 0.25) is 0 Å². The zero-order valence-electron chi connectivity index (χ0n) is 9.16. The Morgan fingerprint density at radius 1 is 1.36 bits per heavy atom. The lowest BCUT2D eigenvalue weighted by atomic mass is 10.0. The van der Waals surface area contributed by atoms with Crippen molar-refractivity contribution in [2.45, 2.75) is 26.9 Å². The monoisotopic (exact) mass is 204 g/mol. The Bertz CT molecular complexity index is 158. The number of carbonyl (C=O) groups is 1. The van der Waals surface area contributed by atoms with Crippen molar-refractivity contribution in [3.63, 3.8) is 0 Å². The lowest BCUT2D eigenvalue weighted by molar-refractivity contribution is -0.125. The summed E-state index contributed by atoms with van der Waals surface area (Å²) in [4.78, 5) is 10.9. The first kappa shape index (κ1) is 13.5. The second-order valence-corrected chi connectivity index (χ2v) is 3.24. The molecule has 0 aliphatic heterocycles. The quantitative estimate of drug-likeness (QED) is 0.589. The van der Waals surface area contributed by atoms with Crippen molar-refractivity contribution in [1.82, 2.24) is 0 Å². The minimum absolute atomic E-state index is 0.0223. The van der Waals surface area contributed by atoms with Crippen LogP contribution in [0.3, 0.4) is 0 Å². The number of ketones is 1. The van der Waals surface area contributed by atoms with Gasteiger partial charge in [-0.3, -0.25) is 4.79 Å². The van der Waals surface area contributed by atoms with Crippen LogP contribution >= 0.6 is 0 Å². The number of carbonyl (C=O) groups excluding carboxylic acids is 1. The highest BCUT2D eigenvalue weighted by Gasteiger charge is 2.18. The topological polar surface area (TPSA) is 55.8 Å². The third-order valence-corrected chi connectivity index (χ3v) is 2.08. The molecule has 4 nitrogen and oxygen atoms in total. The highest BCUT2D eigenvalue weighted by Crippen LogP contribution is 2.04. The van der Waals surface area contributed by atoms with Crippen LogP contribution in [0.1, 0.15) is 20.8 Å². The minimum atomic E-state index is -0.714. The van der Waals surface area contributed by atoms with E-state index in [4.69, 9.17) is 9.47 Å². The summed E-state index contributed by atoms with van der Waals surface area (Å²) in [5, 5.41) is 9.46. The molecule has 84 valence electrons. The molecule has 0 rings (SSSR count). The number of hydrogen-bond acceptors (Lipinski definition) is 4. The molecule has 4 heteroatoms. The van der Waals surface area contributed by atoms with Gasteiger partial charge in [-0.2, -0.15) is 0 Å². The Morgan fingerprint density at radius 2 is 1.93 bits per heavy atom. The number of hydrogen-bond donors (Lipinski definition) is 1. The van der Waals surface area contributed by atoms with Crippen molar-refractivity contribution < 1.29 is 19.4 Å². The van der Waals surface area contributed by atoms with Crippen LogP contribution in [0.4, 0.5) is 0 Å². The minimum Gasteiger partial charge on any atom is -0.390 e. The molecule has 14 heavy (non-hydrogen) atoms. The molecule has 0 aromatic carbocycles. The number of aliphatic hydroxyl groups is 1. The zero-order chi connectivity index (χ0) is 11.0. The Hall–Kier alpha value is -0.450. The van der Waals surface area contributed by atoms with Gasteiger partial charge < -0.3 is 14.6 Å². The summed E-state index contributed by atoms with van der Waals surface area (Å²) in [6.45, 7) is 6.90. The fraction of sp³-hybridized carbons (Fsp3) is 0.900. The molecule has 0 bridgehead atoms. The summed E-state index contributed by atoms with van der Waals surface area (Å²) in [6, 6.07) is 0. The van der Waals surface area contributed by atoms with Gasteiger partial charge in [0.2, 0.25) is 0 Å². The first-order valence-corrected chi connectivity index (χ1v) is 4.93. The van der Waals surface area contributed by atoms with E-state index in [0.717, 1.165) is 0 Å². The molecule has 0 fully saturated rings. The van der Waals surface area contributed by atoms with Crippen LogP contribution in [0, 0.1) is 5.92 Å². The molecule has 0 saturated carbocycles. The number of ether oxygens (including phenoxy) is 2. The molecule has 0 aromatic heterocycles. The van der Waals surface area contributed by atoms with Crippen molar-refractivity contribution in [1.29, 1.82) is 0 Å². The van der Waals surface area contributed by atoms with Crippen LogP contribution < -0.4 is 0 Å². The van der Waals surface area contributed by atoms with Crippen LogP contribution in [0.25, 0.3) is 0 Å². The lowest BCUT2D eigenvalue weighted by Gasteiger charge is -2.15. The average molecular weight is 204 g/mol. The Morgan fingerprint density at radius 3 is 2.43 bits per heavy atom. The molecule has 0 saturated heterocycles. The fourth-order valence-electron chi connectivity index (χ4n) is 0.882. The first-order chi connectivity index (χ1) is 6.59. The Balaban J connectivity index is 3.43. The highest BCUT2D eigenvalue weighted by atomic mass is 16.5. The van der Waals surface area contributed by atoms with Crippen molar-refractivity contribution in [3.8, 4) is 0 Å². The molecule has 0 heterocycles. The standard InChI is InChI=1S/C10H20O4/c1-4-13-5-6-14-7-10(12)8(2)9(3)11/h8,10,12H,4-7H2,1-3H3. The molecule has 2 atom stereocenters. The van der Waals surface area contributed by atoms with Gasteiger partial charge in [0.1, 0.15) is 5.78 Å². The largest absolute Gasteiger partial charge is 0.390 e. The number of rotatable bonds is 8. The molecule has 0 amide bonds. The third-order valence-electron chi connectivity index (χ3n) is 2.08. The maximum absolute atomic E-state index is 10.9. The van der Waals surface area contributed by atoms with E-state index in [2.05, 4.69) is 0 Å². The summed E-state index contributed by atoms with van der Waals surface area (Å²) in [6.07, 6.45) is -0.714. The SMILES string of the molecule is CCOCCOCC(O)C(C)C(C)=O. The molecular formula is C10H20O4. The molecular weight excluding hydrogens is 184 g/mol. The van der Waals surface area contributed by atoms with Crippen LogP contribution in [-0.2, 0) is 14.3 Å². The van der Waals surface area contributed by atoms with Crippen LogP contribution in [0.15, 0.2) is 0 Å². The van der Waals surface area contributed by atoms with E-state index in [9.17, 15) is 9.90 Å². The zero-order valence-corrected chi connectivity index (χ0v) is 9.16.